The number of aromatic nitrogens is 3. The van der Waals surface area contributed by atoms with Gasteiger partial charge in [0, 0.05) is 40.7 Å². The first-order valence-corrected chi connectivity index (χ1v) is 12.5. The van der Waals surface area contributed by atoms with Gasteiger partial charge in [-0.1, -0.05) is 11.6 Å². The smallest absolute Gasteiger partial charge is 0.231 e. The summed E-state index contributed by atoms with van der Waals surface area (Å²) in [6, 6.07) is 14.5. The van der Waals surface area contributed by atoms with Gasteiger partial charge in [-0.2, -0.15) is 9.78 Å². The van der Waals surface area contributed by atoms with Crippen LogP contribution in [0.2, 0.25) is 5.02 Å². The Kier molecular flexibility index (Phi) is 5.62. The van der Waals surface area contributed by atoms with E-state index in [1.54, 1.807) is 39.9 Å². The van der Waals surface area contributed by atoms with Crippen LogP contribution in [-0.2, 0) is 9.59 Å². The van der Waals surface area contributed by atoms with E-state index in [0.717, 1.165) is 22.6 Å². The first-order valence-electron chi connectivity index (χ1n) is 11.2. The molecule has 0 bridgehead atoms. The van der Waals surface area contributed by atoms with E-state index in [4.69, 9.17) is 26.1 Å². The number of nitrogens with one attached hydrogen (secondary N) is 1. The molecule has 2 aromatic heterocycles. The summed E-state index contributed by atoms with van der Waals surface area (Å²) < 4.78 is 12.5. The summed E-state index contributed by atoms with van der Waals surface area (Å²) >= 11 is 7.37. The van der Waals surface area contributed by atoms with Crippen LogP contribution in [0.15, 0.2) is 53.9 Å². The molecule has 2 aliphatic heterocycles. The highest BCUT2D eigenvalue weighted by molar-refractivity contribution is 7.12. The first-order chi connectivity index (χ1) is 17.4. The van der Waals surface area contributed by atoms with Crippen molar-refractivity contribution in [3.8, 4) is 27.9 Å². The fourth-order valence-corrected chi connectivity index (χ4v) is 5.19. The Bertz CT molecular complexity index is 1480. The molecule has 0 aliphatic carbocycles. The van der Waals surface area contributed by atoms with Crippen molar-refractivity contribution < 1.29 is 19.1 Å². The summed E-state index contributed by atoms with van der Waals surface area (Å²) in [7, 11) is 0. The van der Waals surface area contributed by atoms with Gasteiger partial charge in [-0.15, -0.1) is 11.3 Å². The molecule has 11 heteroatoms. The molecule has 0 radical (unpaired) electrons. The van der Waals surface area contributed by atoms with E-state index in [1.165, 1.54) is 11.3 Å². The van der Waals surface area contributed by atoms with Crippen molar-refractivity contribution in [2.45, 2.75) is 13.3 Å². The fraction of sp³-hybridized carbons (Fsp3) is 0.200. The van der Waals surface area contributed by atoms with Gasteiger partial charge < -0.3 is 19.7 Å². The lowest BCUT2D eigenvalue weighted by Crippen LogP contribution is -2.28. The van der Waals surface area contributed by atoms with E-state index in [9.17, 15) is 9.59 Å². The van der Waals surface area contributed by atoms with Gasteiger partial charge in [0.2, 0.25) is 23.7 Å². The van der Waals surface area contributed by atoms with Gasteiger partial charge in [-0.3, -0.25) is 9.59 Å². The van der Waals surface area contributed by atoms with Gasteiger partial charge in [-0.05, 0) is 49.4 Å². The Morgan fingerprint density at radius 3 is 2.78 bits per heavy atom. The highest BCUT2D eigenvalue weighted by Gasteiger charge is 2.35. The van der Waals surface area contributed by atoms with E-state index in [0.29, 0.717) is 34.0 Å². The van der Waals surface area contributed by atoms with Crippen LogP contribution in [0.3, 0.4) is 0 Å². The second kappa shape index (κ2) is 8.96. The zero-order valence-electron chi connectivity index (χ0n) is 19.1. The van der Waals surface area contributed by atoms with Gasteiger partial charge in [0.15, 0.2) is 11.5 Å². The van der Waals surface area contributed by atoms with E-state index in [1.807, 2.05) is 30.5 Å². The summed E-state index contributed by atoms with van der Waals surface area (Å²) in [5, 5.41) is 10.6. The number of nitrogens with zero attached hydrogens (tertiary/aromatic N) is 4. The second-order valence-corrected chi connectivity index (χ2v) is 9.81. The summed E-state index contributed by atoms with van der Waals surface area (Å²) in [4.78, 5) is 32.1. The third kappa shape index (κ3) is 4.18. The number of rotatable bonds is 5. The van der Waals surface area contributed by atoms with Crippen LogP contribution in [-0.4, -0.2) is 39.9 Å². The molecular formula is C25H20ClN5O4S. The minimum Gasteiger partial charge on any atom is -0.454 e. The molecule has 4 heterocycles. The molecule has 1 saturated heterocycles. The van der Waals surface area contributed by atoms with Crippen LogP contribution in [0.1, 0.15) is 12.1 Å². The molecule has 9 nitrogen and oxygen atoms in total. The van der Waals surface area contributed by atoms with Gasteiger partial charge in [-0.25, -0.2) is 4.98 Å². The van der Waals surface area contributed by atoms with Crippen LogP contribution >= 0.6 is 22.9 Å². The van der Waals surface area contributed by atoms with Crippen LogP contribution in [0, 0.1) is 12.8 Å². The zero-order chi connectivity index (χ0) is 24.8. The highest BCUT2D eigenvalue weighted by atomic mass is 35.5. The molecule has 0 spiro atoms. The Morgan fingerprint density at radius 2 is 1.94 bits per heavy atom. The maximum Gasteiger partial charge on any atom is 0.231 e. The quantitative estimate of drug-likeness (QED) is 0.409. The molecule has 1 unspecified atom stereocenters. The monoisotopic (exact) mass is 521 g/mol. The largest absolute Gasteiger partial charge is 0.454 e. The number of amides is 2. The molecule has 6 rings (SSSR count). The van der Waals surface area contributed by atoms with Gasteiger partial charge in [0.05, 0.1) is 17.3 Å². The minimum absolute atomic E-state index is 0.101. The number of ether oxygens (including phenoxy) is 2. The Morgan fingerprint density at radius 1 is 1.14 bits per heavy atom. The third-order valence-corrected chi connectivity index (χ3v) is 7.13. The van der Waals surface area contributed by atoms with E-state index in [2.05, 4.69) is 10.4 Å². The number of anilines is 2. The normalized spacial score (nSPS) is 16.6. The molecule has 4 aromatic rings. The average Bonchev–Trinajstić information content (AvgIpc) is 3.65. The highest BCUT2D eigenvalue weighted by Crippen LogP contribution is 2.36. The molecule has 0 saturated carbocycles. The molecule has 2 amide bonds. The van der Waals surface area contributed by atoms with E-state index >= 15 is 0 Å². The lowest BCUT2D eigenvalue weighted by atomic mass is 10.1. The number of carbonyl (C=O) groups is 2. The lowest BCUT2D eigenvalue weighted by Gasteiger charge is -2.16. The first kappa shape index (κ1) is 22.6. The van der Waals surface area contributed by atoms with Crippen molar-refractivity contribution in [3.05, 3.63) is 64.6 Å². The number of carbonyl (C=O) groups excluding carboxylic acids is 2. The van der Waals surface area contributed by atoms with Crippen molar-refractivity contribution in [3.63, 3.8) is 0 Å². The Balaban J connectivity index is 1.20. The minimum atomic E-state index is -0.489. The van der Waals surface area contributed by atoms with Crippen LogP contribution in [0.4, 0.5) is 11.5 Å². The predicted octanol–water partition coefficient (Wildman–Crippen LogP) is 4.68. The Labute approximate surface area is 215 Å². The number of halogens is 1. The van der Waals surface area contributed by atoms with Crippen molar-refractivity contribution >= 4 is 46.3 Å². The molecule has 2 aliphatic rings. The van der Waals surface area contributed by atoms with Crippen molar-refractivity contribution in [2.24, 2.45) is 5.92 Å². The molecular weight excluding hydrogens is 502 g/mol. The maximum atomic E-state index is 13.1. The SMILES string of the molecule is Cc1cc(NC(=O)C2CC(=O)N(c3ccc(Cl)cc3)C2)n(-c2nc(-c3ccc4c(c3)OCO4)cs2)n1. The lowest BCUT2D eigenvalue weighted by molar-refractivity contribution is -0.122. The Hall–Kier alpha value is -3.89. The standard InChI is InChI=1S/C25H20ClN5O4S/c1-14-8-22(28-24(33)16-10-23(32)30(11-16)18-5-3-17(26)4-6-18)31(29-14)25-27-19(12-36-25)15-2-7-20-21(9-15)35-13-34-20/h2-9,12,16H,10-11,13H2,1H3,(H,28,33). The number of hydrogen-bond donors (Lipinski definition) is 1. The molecule has 36 heavy (non-hydrogen) atoms. The third-order valence-electron chi connectivity index (χ3n) is 6.06. The molecule has 1 N–H and O–H groups in total. The number of benzene rings is 2. The second-order valence-electron chi connectivity index (χ2n) is 8.54. The van der Waals surface area contributed by atoms with Gasteiger partial charge in [0.25, 0.3) is 0 Å². The summed E-state index contributed by atoms with van der Waals surface area (Å²) in [6.45, 7) is 2.35. The molecule has 2 aromatic carbocycles. The number of aryl methyl sites for hydroxylation is 1. The van der Waals surface area contributed by atoms with E-state index in [-0.39, 0.29) is 25.0 Å². The molecule has 1 fully saturated rings. The summed E-state index contributed by atoms with van der Waals surface area (Å²) in [5.41, 5.74) is 3.11. The fourth-order valence-electron chi connectivity index (χ4n) is 4.27. The van der Waals surface area contributed by atoms with Crippen molar-refractivity contribution in [1.82, 2.24) is 14.8 Å². The summed E-state index contributed by atoms with van der Waals surface area (Å²) in [5.74, 6) is 1.06. The van der Waals surface area contributed by atoms with Crippen LogP contribution in [0.5, 0.6) is 11.5 Å². The summed E-state index contributed by atoms with van der Waals surface area (Å²) in [6.07, 6.45) is 0.132. The van der Waals surface area contributed by atoms with E-state index < -0.39 is 5.92 Å². The topological polar surface area (TPSA) is 98.6 Å². The van der Waals surface area contributed by atoms with Gasteiger partial charge >= 0.3 is 0 Å². The number of fused-ring (bicyclic) bond motifs is 1. The predicted molar refractivity (Wildman–Crippen MR) is 136 cm³/mol. The van der Waals surface area contributed by atoms with Gasteiger partial charge in [0.1, 0.15) is 5.82 Å². The maximum absolute atomic E-state index is 13.1. The molecule has 1 atom stereocenters. The number of thiazole rings is 1. The number of hydrogen-bond acceptors (Lipinski definition) is 7. The van der Waals surface area contributed by atoms with Crippen molar-refractivity contribution in [1.29, 1.82) is 0 Å². The van der Waals surface area contributed by atoms with Crippen molar-refractivity contribution in [2.75, 3.05) is 23.6 Å². The average molecular weight is 522 g/mol. The van der Waals surface area contributed by atoms with Crippen LogP contribution < -0.4 is 19.7 Å². The van der Waals surface area contributed by atoms with Crippen LogP contribution in [0.25, 0.3) is 16.4 Å². The molecule has 182 valence electrons. The zero-order valence-corrected chi connectivity index (χ0v) is 20.7.